The zero-order valence-electron chi connectivity index (χ0n) is 25.4. The van der Waals surface area contributed by atoms with Crippen LogP contribution in [-0.2, 0) is 17.6 Å². The predicted octanol–water partition coefficient (Wildman–Crippen LogP) is 9.16. The molecule has 0 aromatic heterocycles. The molecule has 3 nitrogen and oxygen atoms in total. The normalized spacial score (nSPS) is 22.0. The van der Waals surface area contributed by atoms with Crippen molar-refractivity contribution in [1.82, 2.24) is 0 Å². The average molecular weight is 529 g/mol. The van der Waals surface area contributed by atoms with Gasteiger partial charge in [-0.15, -0.1) is 0 Å². The molecule has 39 heavy (non-hydrogen) atoms. The summed E-state index contributed by atoms with van der Waals surface area (Å²) in [6.07, 6.45) is 5.66. The van der Waals surface area contributed by atoms with Gasteiger partial charge >= 0.3 is 0 Å². The first-order valence-electron chi connectivity index (χ1n) is 15.0. The monoisotopic (exact) mass is 528 g/mol. The van der Waals surface area contributed by atoms with Gasteiger partial charge in [0, 0.05) is 5.56 Å². The summed E-state index contributed by atoms with van der Waals surface area (Å²) < 4.78 is 17.9. The van der Waals surface area contributed by atoms with Gasteiger partial charge in [-0.05, 0) is 100 Å². The molecule has 0 N–H and O–H groups in total. The summed E-state index contributed by atoms with van der Waals surface area (Å²) in [6.45, 7) is 18.0. The Balaban J connectivity index is 1.60. The molecule has 1 aliphatic carbocycles. The fraction of sp³-hybridized carbons (Fsp3) is 0.556. The molecule has 0 radical (unpaired) electrons. The largest absolute Gasteiger partial charge is 0.496 e. The van der Waals surface area contributed by atoms with Crippen LogP contribution in [0.3, 0.4) is 0 Å². The van der Waals surface area contributed by atoms with E-state index in [9.17, 15) is 0 Å². The van der Waals surface area contributed by atoms with E-state index in [1.807, 2.05) is 7.11 Å². The average Bonchev–Trinajstić information content (AvgIpc) is 3.74. The summed E-state index contributed by atoms with van der Waals surface area (Å²) in [6, 6.07) is 16.1. The second-order valence-electron chi connectivity index (χ2n) is 13.5. The van der Waals surface area contributed by atoms with Crippen LogP contribution in [0.2, 0.25) is 0 Å². The summed E-state index contributed by atoms with van der Waals surface area (Å²) in [5.41, 5.74) is 7.29. The van der Waals surface area contributed by atoms with Crippen molar-refractivity contribution in [3.05, 3.63) is 70.3 Å². The molecule has 3 unspecified atom stereocenters. The Morgan fingerprint density at radius 2 is 1.74 bits per heavy atom. The third-order valence-corrected chi connectivity index (χ3v) is 9.72. The zero-order chi connectivity index (χ0) is 27.9. The Morgan fingerprint density at radius 1 is 1.03 bits per heavy atom. The lowest BCUT2D eigenvalue weighted by Gasteiger charge is -2.35. The van der Waals surface area contributed by atoms with E-state index in [0.29, 0.717) is 18.4 Å². The Kier molecular flexibility index (Phi) is 7.76. The number of benzene rings is 3. The number of ether oxygens (including phenoxy) is 3. The molecule has 2 aliphatic rings. The molecule has 1 aliphatic heterocycles. The zero-order valence-corrected chi connectivity index (χ0v) is 25.4. The van der Waals surface area contributed by atoms with E-state index in [0.717, 1.165) is 50.2 Å². The van der Waals surface area contributed by atoms with E-state index in [1.54, 1.807) is 0 Å². The summed E-state index contributed by atoms with van der Waals surface area (Å²) in [7, 11) is 1.83. The van der Waals surface area contributed by atoms with Crippen molar-refractivity contribution < 1.29 is 14.2 Å². The van der Waals surface area contributed by atoms with Gasteiger partial charge in [0.15, 0.2) is 0 Å². The Labute approximate surface area is 236 Å². The molecular weight excluding hydrogens is 480 g/mol. The highest BCUT2D eigenvalue weighted by atomic mass is 16.6. The maximum absolute atomic E-state index is 6.37. The van der Waals surface area contributed by atoms with Crippen molar-refractivity contribution >= 4 is 10.8 Å². The Bertz CT molecular complexity index is 1330. The SMILES string of the molecule is CCC1c2cc(OCC3CO3)c(C)c(c2)C(Cc2cc(OC)c(CC(C)(C)CC)c3ccccc23)CC1(C)C. The van der Waals surface area contributed by atoms with E-state index in [1.165, 1.54) is 38.6 Å². The van der Waals surface area contributed by atoms with E-state index in [2.05, 4.69) is 90.9 Å². The minimum atomic E-state index is 0.184. The van der Waals surface area contributed by atoms with Crippen LogP contribution in [0, 0.1) is 17.8 Å². The molecule has 3 aromatic carbocycles. The van der Waals surface area contributed by atoms with Crippen LogP contribution in [0.1, 0.15) is 100 Å². The van der Waals surface area contributed by atoms with Crippen LogP contribution >= 0.6 is 0 Å². The van der Waals surface area contributed by atoms with Gasteiger partial charge in [0.05, 0.1) is 13.7 Å². The maximum Gasteiger partial charge on any atom is 0.122 e. The van der Waals surface area contributed by atoms with E-state index in [4.69, 9.17) is 14.2 Å². The van der Waals surface area contributed by atoms with Gasteiger partial charge in [-0.1, -0.05) is 78.3 Å². The quantitative estimate of drug-likeness (QED) is 0.246. The fourth-order valence-corrected chi connectivity index (χ4v) is 7.05. The lowest BCUT2D eigenvalue weighted by atomic mass is 9.70. The lowest BCUT2D eigenvalue weighted by Crippen LogP contribution is -2.23. The highest BCUT2D eigenvalue weighted by Crippen LogP contribution is 2.52. The molecule has 5 rings (SSSR count). The topological polar surface area (TPSA) is 31.0 Å². The molecule has 0 spiro atoms. The molecule has 1 saturated heterocycles. The smallest absolute Gasteiger partial charge is 0.122 e. The van der Waals surface area contributed by atoms with Gasteiger partial charge in [-0.2, -0.15) is 0 Å². The molecule has 210 valence electrons. The molecular formula is C36H48O3. The number of methoxy groups -OCH3 is 1. The molecule has 1 heterocycles. The number of hydrogen-bond acceptors (Lipinski definition) is 3. The van der Waals surface area contributed by atoms with Crippen molar-refractivity contribution in [3.63, 3.8) is 0 Å². The van der Waals surface area contributed by atoms with Crippen molar-refractivity contribution in [2.45, 2.75) is 98.5 Å². The molecule has 0 saturated carbocycles. The lowest BCUT2D eigenvalue weighted by molar-refractivity contribution is 0.240. The van der Waals surface area contributed by atoms with Gasteiger partial charge < -0.3 is 14.2 Å². The van der Waals surface area contributed by atoms with Crippen LogP contribution in [0.15, 0.2) is 42.5 Å². The summed E-state index contributed by atoms with van der Waals surface area (Å²) >= 11 is 0. The van der Waals surface area contributed by atoms with Gasteiger partial charge in [-0.3, -0.25) is 0 Å². The van der Waals surface area contributed by atoms with E-state index >= 15 is 0 Å². The molecule has 3 aromatic rings. The standard InChI is InChI=1S/C36H48O3/c1-9-32-25-16-30(23(3)33(18-25)39-22-27-21-38-27)26(19-36(32,6)7)15-24-17-34(37-8)31(20-35(4,5)10-2)29-14-12-11-13-28(24)29/h11-14,16-18,26-27,32H,9-10,15,19-22H2,1-8H3. The second-order valence-corrected chi connectivity index (χ2v) is 13.5. The number of hydrogen-bond donors (Lipinski definition) is 0. The summed E-state index contributed by atoms with van der Waals surface area (Å²) in [5.74, 6) is 2.98. The molecule has 3 atom stereocenters. The van der Waals surface area contributed by atoms with Crippen molar-refractivity contribution in [1.29, 1.82) is 0 Å². The molecule has 0 amide bonds. The van der Waals surface area contributed by atoms with Crippen LogP contribution in [0.25, 0.3) is 10.8 Å². The van der Waals surface area contributed by atoms with Crippen molar-refractivity contribution in [2.75, 3.05) is 20.3 Å². The highest BCUT2D eigenvalue weighted by molar-refractivity contribution is 5.91. The van der Waals surface area contributed by atoms with Crippen molar-refractivity contribution in [3.8, 4) is 11.5 Å². The third-order valence-electron chi connectivity index (χ3n) is 9.72. The van der Waals surface area contributed by atoms with Gasteiger partial charge in [0.2, 0.25) is 0 Å². The van der Waals surface area contributed by atoms with Gasteiger partial charge in [-0.25, -0.2) is 0 Å². The number of epoxide rings is 1. The van der Waals surface area contributed by atoms with Crippen molar-refractivity contribution in [2.24, 2.45) is 10.8 Å². The van der Waals surface area contributed by atoms with E-state index < -0.39 is 0 Å². The van der Waals surface area contributed by atoms with Crippen LogP contribution in [-0.4, -0.2) is 26.4 Å². The maximum atomic E-state index is 6.37. The molecule has 3 heteroatoms. The minimum absolute atomic E-state index is 0.184. The first kappa shape index (κ1) is 28.0. The number of fused-ring (bicyclic) bond motifs is 3. The first-order valence-corrected chi connectivity index (χ1v) is 15.0. The molecule has 2 bridgehead atoms. The molecule has 1 fully saturated rings. The number of rotatable bonds is 10. The van der Waals surface area contributed by atoms with Gasteiger partial charge in [0.25, 0.3) is 0 Å². The predicted molar refractivity (Wildman–Crippen MR) is 163 cm³/mol. The highest BCUT2D eigenvalue weighted by Gasteiger charge is 2.38. The Hall–Kier alpha value is -2.52. The summed E-state index contributed by atoms with van der Waals surface area (Å²) in [5, 5.41) is 2.71. The third kappa shape index (κ3) is 5.71. The minimum Gasteiger partial charge on any atom is -0.496 e. The fourth-order valence-electron chi connectivity index (χ4n) is 7.05. The van der Waals surface area contributed by atoms with E-state index in [-0.39, 0.29) is 16.9 Å². The Morgan fingerprint density at radius 3 is 2.38 bits per heavy atom. The van der Waals surface area contributed by atoms with Crippen LogP contribution in [0.5, 0.6) is 11.5 Å². The van der Waals surface area contributed by atoms with Crippen LogP contribution in [0.4, 0.5) is 0 Å². The second kappa shape index (κ2) is 10.8. The summed E-state index contributed by atoms with van der Waals surface area (Å²) in [4.78, 5) is 0. The first-order chi connectivity index (χ1) is 18.6. The van der Waals surface area contributed by atoms with Gasteiger partial charge in [0.1, 0.15) is 24.2 Å². The van der Waals surface area contributed by atoms with Crippen LogP contribution < -0.4 is 9.47 Å².